The first kappa shape index (κ1) is 10.4. The van der Waals surface area contributed by atoms with Gasteiger partial charge in [0.05, 0.1) is 20.6 Å². The van der Waals surface area contributed by atoms with Crippen molar-refractivity contribution in [2.45, 2.75) is 6.42 Å². The molecule has 4 nitrogen and oxygen atoms in total. The van der Waals surface area contributed by atoms with Gasteiger partial charge >= 0.3 is 0 Å². The van der Waals surface area contributed by atoms with Crippen molar-refractivity contribution < 1.29 is 14.3 Å². The first-order valence-corrected chi connectivity index (χ1v) is 4.12. The fourth-order valence-corrected chi connectivity index (χ4v) is 1.19. The van der Waals surface area contributed by atoms with Crippen LogP contribution in [0.25, 0.3) is 0 Å². The lowest BCUT2D eigenvalue weighted by Gasteiger charge is -2.08. The SMILES string of the molecule is COc1ccc(OC)c(CC([NH])=O)c1. The molecule has 0 saturated heterocycles. The van der Waals surface area contributed by atoms with Crippen LogP contribution in [0.1, 0.15) is 5.56 Å². The van der Waals surface area contributed by atoms with Gasteiger partial charge < -0.3 is 9.47 Å². The Morgan fingerprint density at radius 1 is 1.36 bits per heavy atom. The summed E-state index contributed by atoms with van der Waals surface area (Å²) in [7, 11) is 3.08. The van der Waals surface area contributed by atoms with E-state index in [-0.39, 0.29) is 6.42 Å². The van der Waals surface area contributed by atoms with Gasteiger partial charge in [0, 0.05) is 5.56 Å². The molecule has 1 aromatic rings. The van der Waals surface area contributed by atoms with E-state index in [0.717, 1.165) is 0 Å². The lowest BCUT2D eigenvalue weighted by molar-refractivity contribution is -0.118. The molecule has 0 bridgehead atoms. The zero-order valence-corrected chi connectivity index (χ0v) is 8.16. The molecule has 1 aromatic carbocycles. The Hall–Kier alpha value is -1.71. The summed E-state index contributed by atoms with van der Waals surface area (Å²) < 4.78 is 10.1. The van der Waals surface area contributed by atoms with Crippen LogP contribution in [-0.2, 0) is 11.2 Å². The number of rotatable bonds is 4. The molecule has 0 aliphatic rings. The number of carbonyl (C=O) groups excluding carboxylic acids is 1. The van der Waals surface area contributed by atoms with Crippen molar-refractivity contribution in [1.82, 2.24) is 5.73 Å². The van der Waals surface area contributed by atoms with Crippen LogP contribution in [0.3, 0.4) is 0 Å². The molecule has 1 N–H and O–H groups in total. The van der Waals surface area contributed by atoms with Crippen LogP contribution in [-0.4, -0.2) is 20.1 Å². The van der Waals surface area contributed by atoms with Crippen molar-refractivity contribution in [3.63, 3.8) is 0 Å². The topological polar surface area (TPSA) is 59.3 Å². The number of ether oxygens (including phenoxy) is 2. The van der Waals surface area contributed by atoms with E-state index in [0.29, 0.717) is 17.1 Å². The van der Waals surface area contributed by atoms with Crippen LogP contribution < -0.4 is 15.2 Å². The lowest BCUT2D eigenvalue weighted by Crippen LogP contribution is -2.04. The summed E-state index contributed by atoms with van der Waals surface area (Å²) in [5, 5.41) is 0. The van der Waals surface area contributed by atoms with E-state index < -0.39 is 5.91 Å². The number of benzene rings is 1. The average Bonchev–Trinajstić information content (AvgIpc) is 2.16. The van der Waals surface area contributed by atoms with Crippen molar-refractivity contribution in [2.24, 2.45) is 0 Å². The molecule has 0 aromatic heterocycles. The van der Waals surface area contributed by atoms with Crippen LogP contribution in [0.15, 0.2) is 18.2 Å². The predicted octanol–water partition coefficient (Wildman–Crippen LogP) is 1.06. The molecule has 14 heavy (non-hydrogen) atoms. The number of nitrogens with one attached hydrogen (secondary N) is 1. The molecular formula is C10H12NO3. The molecule has 1 amide bonds. The number of hydrogen-bond donors (Lipinski definition) is 0. The quantitative estimate of drug-likeness (QED) is 0.719. The third-order valence-electron chi connectivity index (χ3n) is 1.84. The first-order valence-electron chi connectivity index (χ1n) is 4.12. The summed E-state index contributed by atoms with van der Waals surface area (Å²) in [5.74, 6) is 0.616. The highest BCUT2D eigenvalue weighted by atomic mass is 16.5. The summed E-state index contributed by atoms with van der Waals surface area (Å²) in [4.78, 5) is 10.7. The van der Waals surface area contributed by atoms with Gasteiger partial charge in [0.15, 0.2) is 0 Å². The van der Waals surface area contributed by atoms with Crippen LogP contribution in [0.5, 0.6) is 11.5 Å². The maximum atomic E-state index is 10.7. The fourth-order valence-electron chi connectivity index (χ4n) is 1.19. The van der Waals surface area contributed by atoms with E-state index in [1.54, 1.807) is 25.3 Å². The Balaban J connectivity index is 3.01. The third-order valence-corrected chi connectivity index (χ3v) is 1.84. The van der Waals surface area contributed by atoms with Crippen LogP contribution in [0.4, 0.5) is 0 Å². The van der Waals surface area contributed by atoms with Gasteiger partial charge in [0.2, 0.25) is 5.91 Å². The summed E-state index contributed by atoms with van der Waals surface area (Å²) in [6.45, 7) is 0. The normalized spacial score (nSPS) is 9.57. The van der Waals surface area contributed by atoms with Gasteiger partial charge in [-0.3, -0.25) is 10.5 Å². The van der Waals surface area contributed by atoms with Crippen molar-refractivity contribution in [3.05, 3.63) is 23.8 Å². The molecule has 0 saturated carbocycles. The highest BCUT2D eigenvalue weighted by Gasteiger charge is 2.07. The Bertz CT molecular complexity index is 336. The minimum atomic E-state index is -0.642. The van der Waals surface area contributed by atoms with E-state index in [1.807, 2.05) is 0 Å². The molecule has 1 radical (unpaired) electrons. The molecule has 1 rings (SSSR count). The predicted molar refractivity (Wildman–Crippen MR) is 51.4 cm³/mol. The summed E-state index contributed by atoms with van der Waals surface area (Å²) in [6, 6.07) is 5.17. The monoisotopic (exact) mass is 194 g/mol. The van der Waals surface area contributed by atoms with E-state index in [4.69, 9.17) is 15.2 Å². The Kier molecular flexibility index (Phi) is 3.34. The summed E-state index contributed by atoms with van der Waals surface area (Å²) >= 11 is 0. The smallest absolute Gasteiger partial charge is 0.242 e. The van der Waals surface area contributed by atoms with E-state index >= 15 is 0 Å². The first-order chi connectivity index (χ1) is 6.67. The standard InChI is InChI=1S/C10H12NO3/c1-13-8-3-4-9(14-2)7(5-8)6-10(11)12/h3-5,11H,6H2,1-2H3. The highest BCUT2D eigenvalue weighted by molar-refractivity contribution is 5.76. The van der Waals surface area contributed by atoms with E-state index in [9.17, 15) is 4.79 Å². The van der Waals surface area contributed by atoms with Crippen molar-refractivity contribution in [3.8, 4) is 11.5 Å². The molecule has 0 aliphatic carbocycles. The summed E-state index contributed by atoms with van der Waals surface area (Å²) in [5.41, 5.74) is 7.55. The second-order valence-electron chi connectivity index (χ2n) is 2.78. The zero-order chi connectivity index (χ0) is 10.6. The fraction of sp³-hybridized carbons (Fsp3) is 0.300. The number of hydrogen-bond acceptors (Lipinski definition) is 3. The molecule has 4 heteroatoms. The molecule has 0 atom stereocenters. The molecule has 75 valence electrons. The van der Waals surface area contributed by atoms with Gasteiger partial charge in [-0.2, -0.15) is 0 Å². The van der Waals surface area contributed by atoms with Crippen molar-refractivity contribution in [1.29, 1.82) is 0 Å². The van der Waals surface area contributed by atoms with Crippen molar-refractivity contribution >= 4 is 5.91 Å². The minimum absolute atomic E-state index is 0.0420. The molecule has 0 aliphatic heterocycles. The third kappa shape index (κ3) is 2.39. The van der Waals surface area contributed by atoms with Crippen LogP contribution >= 0.6 is 0 Å². The molecule has 0 heterocycles. The second-order valence-corrected chi connectivity index (χ2v) is 2.78. The minimum Gasteiger partial charge on any atom is -0.497 e. The zero-order valence-electron chi connectivity index (χ0n) is 8.16. The summed E-state index contributed by atoms with van der Waals surface area (Å²) in [6.07, 6.45) is 0.0420. The molecule has 0 spiro atoms. The van der Waals surface area contributed by atoms with Gasteiger partial charge in [-0.15, -0.1) is 0 Å². The van der Waals surface area contributed by atoms with Gasteiger partial charge in [-0.25, -0.2) is 0 Å². The maximum Gasteiger partial charge on any atom is 0.242 e. The Morgan fingerprint density at radius 2 is 2.07 bits per heavy atom. The van der Waals surface area contributed by atoms with Crippen LogP contribution in [0.2, 0.25) is 0 Å². The molecular weight excluding hydrogens is 182 g/mol. The Morgan fingerprint density at radius 3 is 2.57 bits per heavy atom. The van der Waals surface area contributed by atoms with Gasteiger partial charge in [0.25, 0.3) is 0 Å². The molecule has 0 fully saturated rings. The van der Waals surface area contributed by atoms with Gasteiger partial charge in [0.1, 0.15) is 11.5 Å². The number of methoxy groups -OCH3 is 2. The second kappa shape index (κ2) is 4.50. The average molecular weight is 194 g/mol. The van der Waals surface area contributed by atoms with Gasteiger partial charge in [-0.05, 0) is 18.2 Å². The molecule has 0 unspecified atom stereocenters. The lowest BCUT2D eigenvalue weighted by atomic mass is 10.1. The van der Waals surface area contributed by atoms with E-state index in [2.05, 4.69) is 0 Å². The maximum absolute atomic E-state index is 10.7. The highest BCUT2D eigenvalue weighted by Crippen LogP contribution is 2.24. The number of amides is 1. The van der Waals surface area contributed by atoms with E-state index in [1.165, 1.54) is 7.11 Å². The van der Waals surface area contributed by atoms with Gasteiger partial charge in [-0.1, -0.05) is 0 Å². The van der Waals surface area contributed by atoms with Crippen LogP contribution in [0, 0.1) is 0 Å². The number of carbonyl (C=O) groups is 1. The van der Waals surface area contributed by atoms with Crippen molar-refractivity contribution in [2.75, 3.05) is 14.2 Å². The largest absolute Gasteiger partial charge is 0.497 e. The Labute approximate surface area is 82.6 Å².